The standard InChI is InChI=1S/C28H22FN3O3S/c1-18-4-2-3-5-25(18)35-15-14-34-22-12-6-19(7-13-22)16-23-26(30)32-24(17-36-28(32)31-27(23)33)20-8-10-21(29)11-9-20/h2-13,16-17,30H,14-15H2,1H3/b23-16+,30-26?. The largest absolute Gasteiger partial charge is 0.490 e. The first-order chi connectivity index (χ1) is 17.5. The number of ether oxygens (including phenoxy) is 2. The molecule has 8 heteroatoms. The molecule has 2 heterocycles. The molecule has 0 saturated heterocycles. The summed E-state index contributed by atoms with van der Waals surface area (Å²) in [6.07, 6.45) is 1.64. The van der Waals surface area contributed by atoms with E-state index < -0.39 is 5.91 Å². The summed E-state index contributed by atoms with van der Waals surface area (Å²) in [7, 11) is 0. The van der Waals surface area contributed by atoms with Gasteiger partial charge in [0.2, 0.25) is 0 Å². The van der Waals surface area contributed by atoms with Crippen molar-refractivity contribution in [3.8, 4) is 11.5 Å². The Kier molecular flexibility index (Phi) is 6.69. The molecule has 0 spiro atoms. The van der Waals surface area contributed by atoms with Gasteiger partial charge in [-0.2, -0.15) is 4.99 Å². The highest BCUT2D eigenvalue weighted by Crippen LogP contribution is 2.37. The van der Waals surface area contributed by atoms with Gasteiger partial charge in [0.1, 0.15) is 36.4 Å². The number of amides is 1. The number of benzene rings is 3. The number of thioether (sulfide) groups is 1. The van der Waals surface area contributed by atoms with Gasteiger partial charge in [0.05, 0.1) is 11.3 Å². The van der Waals surface area contributed by atoms with E-state index in [0.29, 0.717) is 29.8 Å². The number of aliphatic imine (C=N–C) groups is 1. The van der Waals surface area contributed by atoms with Crippen LogP contribution < -0.4 is 9.47 Å². The fourth-order valence-electron chi connectivity index (χ4n) is 3.78. The fourth-order valence-corrected chi connectivity index (χ4v) is 4.67. The van der Waals surface area contributed by atoms with Crippen molar-refractivity contribution in [3.63, 3.8) is 0 Å². The van der Waals surface area contributed by atoms with Gasteiger partial charge in [0.25, 0.3) is 5.91 Å². The summed E-state index contributed by atoms with van der Waals surface area (Å²) in [6.45, 7) is 2.80. The number of para-hydroxylation sites is 1. The topological polar surface area (TPSA) is 75.0 Å². The van der Waals surface area contributed by atoms with E-state index in [4.69, 9.17) is 14.9 Å². The second kappa shape index (κ2) is 10.2. The molecule has 1 amide bonds. The highest BCUT2D eigenvalue weighted by atomic mass is 32.2. The zero-order chi connectivity index (χ0) is 25.1. The Labute approximate surface area is 212 Å². The SMILES string of the molecule is Cc1ccccc1OCCOc1ccc(/C=C2\C(=N)N3C(c4ccc(F)cc4)=CSC3=NC2=O)cc1. The van der Waals surface area contributed by atoms with Crippen LogP contribution in [0.5, 0.6) is 11.5 Å². The quantitative estimate of drug-likeness (QED) is 0.324. The number of hydrogen-bond donors (Lipinski definition) is 1. The monoisotopic (exact) mass is 499 g/mol. The van der Waals surface area contributed by atoms with E-state index in [9.17, 15) is 9.18 Å². The van der Waals surface area contributed by atoms with Gasteiger partial charge in [-0.1, -0.05) is 42.1 Å². The Balaban J connectivity index is 1.25. The number of nitrogens with one attached hydrogen (secondary N) is 1. The number of carbonyl (C=O) groups is 1. The van der Waals surface area contributed by atoms with Crippen molar-refractivity contribution in [1.29, 1.82) is 5.41 Å². The smallest absolute Gasteiger partial charge is 0.283 e. The Morgan fingerprint density at radius 1 is 1.00 bits per heavy atom. The maximum Gasteiger partial charge on any atom is 0.283 e. The molecular weight excluding hydrogens is 477 g/mol. The molecule has 0 aliphatic carbocycles. The molecule has 0 bridgehead atoms. The number of rotatable bonds is 7. The lowest BCUT2D eigenvalue weighted by molar-refractivity contribution is -0.114. The minimum Gasteiger partial charge on any atom is -0.490 e. The molecule has 0 atom stereocenters. The Bertz CT molecular complexity index is 1410. The molecule has 3 aromatic carbocycles. The molecule has 6 nitrogen and oxygen atoms in total. The van der Waals surface area contributed by atoms with E-state index in [1.165, 1.54) is 23.9 Å². The lowest BCUT2D eigenvalue weighted by Crippen LogP contribution is -2.38. The second-order valence-electron chi connectivity index (χ2n) is 8.10. The summed E-state index contributed by atoms with van der Waals surface area (Å²) in [5, 5.41) is 10.9. The fraction of sp³-hybridized carbons (Fsp3) is 0.107. The van der Waals surface area contributed by atoms with Crippen LogP contribution in [0, 0.1) is 18.2 Å². The van der Waals surface area contributed by atoms with Gasteiger partial charge in [0.15, 0.2) is 5.17 Å². The van der Waals surface area contributed by atoms with Crippen molar-refractivity contribution in [2.24, 2.45) is 4.99 Å². The molecule has 3 aromatic rings. The van der Waals surface area contributed by atoms with Crippen LogP contribution in [0.3, 0.4) is 0 Å². The first kappa shape index (κ1) is 23.6. The van der Waals surface area contributed by atoms with Crippen molar-refractivity contribution >= 4 is 40.4 Å². The highest BCUT2D eigenvalue weighted by Gasteiger charge is 2.36. The van der Waals surface area contributed by atoms with Crippen molar-refractivity contribution < 1.29 is 18.7 Å². The van der Waals surface area contributed by atoms with Crippen LogP contribution in [0.15, 0.2) is 88.8 Å². The molecule has 0 unspecified atom stereocenters. The van der Waals surface area contributed by atoms with Gasteiger partial charge in [-0.25, -0.2) is 4.39 Å². The third-order valence-corrected chi connectivity index (χ3v) is 6.47. The van der Waals surface area contributed by atoms with E-state index in [1.807, 2.05) is 48.7 Å². The number of aryl methyl sites for hydroxylation is 1. The molecule has 0 aromatic heterocycles. The van der Waals surface area contributed by atoms with Gasteiger partial charge < -0.3 is 9.47 Å². The van der Waals surface area contributed by atoms with E-state index >= 15 is 0 Å². The van der Waals surface area contributed by atoms with Crippen molar-refractivity contribution in [2.45, 2.75) is 6.92 Å². The maximum absolute atomic E-state index is 13.4. The number of amidine groups is 2. The number of fused-ring (bicyclic) bond motifs is 1. The summed E-state index contributed by atoms with van der Waals surface area (Å²) in [6, 6.07) is 21.1. The Morgan fingerprint density at radius 3 is 2.47 bits per heavy atom. The van der Waals surface area contributed by atoms with Crippen LogP contribution in [0.25, 0.3) is 11.8 Å². The molecule has 5 rings (SSSR count). The normalized spacial score (nSPS) is 16.1. The van der Waals surface area contributed by atoms with E-state index in [1.54, 1.807) is 35.2 Å². The molecule has 0 fully saturated rings. The minimum absolute atomic E-state index is 0.0271. The average Bonchev–Trinajstić information content (AvgIpc) is 3.30. The molecule has 0 saturated carbocycles. The summed E-state index contributed by atoms with van der Waals surface area (Å²) in [4.78, 5) is 18.4. The van der Waals surface area contributed by atoms with E-state index in [-0.39, 0.29) is 17.2 Å². The van der Waals surface area contributed by atoms with Gasteiger partial charge in [0, 0.05) is 5.41 Å². The van der Waals surface area contributed by atoms with Gasteiger partial charge in [-0.15, -0.1) is 0 Å². The molecule has 36 heavy (non-hydrogen) atoms. The first-order valence-electron chi connectivity index (χ1n) is 11.3. The molecule has 180 valence electrons. The van der Waals surface area contributed by atoms with Crippen LogP contribution in [0.4, 0.5) is 4.39 Å². The van der Waals surface area contributed by atoms with Gasteiger partial charge in [-0.05, 0) is 72.2 Å². The van der Waals surface area contributed by atoms with Crippen LogP contribution >= 0.6 is 11.8 Å². The zero-order valence-corrected chi connectivity index (χ0v) is 20.2. The Morgan fingerprint density at radius 2 is 1.72 bits per heavy atom. The van der Waals surface area contributed by atoms with E-state index in [0.717, 1.165) is 22.4 Å². The third-order valence-electron chi connectivity index (χ3n) is 5.65. The van der Waals surface area contributed by atoms with Crippen LogP contribution in [-0.2, 0) is 4.79 Å². The molecule has 0 radical (unpaired) electrons. The number of nitrogens with zero attached hydrogens (tertiary/aromatic N) is 2. The molecular formula is C28H22FN3O3S. The molecule has 2 aliphatic heterocycles. The number of hydrogen-bond acceptors (Lipinski definition) is 5. The number of carbonyl (C=O) groups excluding carboxylic acids is 1. The summed E-state index contributed by atoms with van der Waals surface area (Å²) in [5.41, 5.74) is 3.40. The highest BCUT2D eigenvalue weighted by molar-refractivity contribution is 8.17. The van der Waals surface area contributed by atoms with Crippen LogP contribution in [0.2, 0.25) is 0 Å². The molecule has 2 aliphatic rings. The predicted molar refractivity (Wildman–Crippen MR) is 141 cm³/mol. The average molecular weight is 500 g/mol. The lowest BCUT2D eigenvalue weighted by atomic mass is 10.1. The van der Waals surface area contributed by atoms with Crippen molar-refractivity contribution in [1.82, 2.24) is 4.90 Å². The molecule has 1 N–H and O–H groups in total. The zero-order valence-electron chi connectivity index (χ0n) is 19.4. The minimum atomic E-state index is -0.471. The van der Waals surface area contributed by atoms with Crippen molar-refractivity contribution in [2.75, 3.05) is 13.2 Å². The first-order valence-corrected chi connectivity index (χ1v) is 12.2. The Hall–Kier alpha value is -4.17. The second-order valence-corrected chi connectivity index (χ2v) is 8.94. The van der Waals surface area contributed by atoms with Crippen LogP contribution in [0.1, 0.15) is 16.7 Å². The lowest BCUT2D eigenvalue weighted by Gasteiger charge is -2.26. The van der Waals surface area contributed by atoms with E-state index in [2.05, 4.69) is 4.99 Å². The van der Waals surface area contributed by atoms with Crippen LogP contribution in [-0.4, -0.2) is 35.0 Å². The maximum atomic E-state index is 13.4. The van der Waals surface area contributed by atoms with Gasteiger partial charge in [-0.3, -0.25) is 15.1 Å². The summed E-state index contributed by atoms with van der Waals surface area (Å²) >= 11 is 1.26. The third kappa shape index (κ3) is 4.94. The van der Waals surface area contributed by atoms with Gasteiger partial charge >= 0.3 is 0 Å². The predicted octanol–water partition coefficient (Wildman–Crippen LogP) is 5.90. The van der Waals surface area contributed by atoms with Crippen molar-refractivity contribution in [3.05, 3.63) is 106 Å². The number of halogens is 1. The summed E-state index contributed by atoms with van der Waals surface area (Å²) in [5.74, 6) is 0.728. The summed E-state index contributed by atoms with van der Waals surface area (Å²) < 4.78 is 24.9.